The summed E-state index contributed by atoms with van der Waals surface area (Å²) < 4.78 is 1.73. The highest BCUT2D eigenvalue weighted by Crippen LogP contribution is 2.25. The Balaban J connectivity index is 2.30. The Labute approximate surface area is 102 Å². The summed E-state index contributed by atoms with van der Waals surface area (Å²) in [6.45, 7) is 0. The molecular formula is C13H9N3O2. The summed E-state index contributed by atoms with van der Waals surface area (Å²) in [5.74, 6) is 0.337. The van der Waals surface area contributed by atoms with Gasteiger partial charge in [-0.3, -0.25) is 14.7 Å². The molecule has 0 aliphatic heterocycles. The summed E-state index contributed by atoms with van der Waals surface area (Å²) in [6.07, 6.45) is 3.34. The van der Waals surface area contributed by atoms with Crippen molar-refractivity contribution in [3.8, 4) is 5.82 Å². The molecule has 2 aromatic heterocycles. The van der Waals surface area contributed by atoms with E-state index < -0.39 is 4.92 Å². The maximum atomic E-state index is 11.0. The molecule has 0 spiro atoms. The van der Waals surface area contributed by atoms with Crippen LogP contribution in [0.15, 0.2) is 54.9 Å². The van der Waals surface area contributed by atoms with Gasteiger partial charge in [-0.2, -0.15) is 0 Å². The van der Waals surface area contributed by atoms with Gasteiger partial charge in [0.1, 0.15) is 0 Å². The fourth-order valence-electron chi connectivity index (χ4n) is 1.98. The number of hydrogen-bond acceptors (Lipinski definition) is 3. The van der Waals surface area contributed by atoms with Gasteiger partial charge in [0.15, 0.2) is 0 Å². The number of fused-ring (bicyclic) bond motifs is 1. The first-order valence-corrected chi connectivity index (χ1v) is 5.43. The third-order valence-electron chi connectivity index (χ3n) is 2.79. The highest BCUT2D eigenvalue weighted by molar-refractivity contribution is 5.82. The van der Waals surface area contributed by atoms with Crippen LogP contribution in [0.1, 0.15) is 0 Å². The van der Waals surface area contributed by atoms with Crippen LogP contribution in [0.4, 0.5) is 5.69 Å². The van der Waals surface area contributed by atoms with Gasteiger partial charge >= 0.3 is 5.69 Å². The Bertz CT molecular complexity index is 734. The van der Waals surface area contributed by atoms with Crippen LogP contribution in [0.25, 0.3) is 16.7 Å². The highest BCUT2D eigenvalue weighted by Gasteiger charge is 2.16. The van der Waals surface area contributed by atoms with Crippen molar-refractivity contribution in [1.29, 1.82) is 0 Å². The van der Waals surface area contributed by atoms with Gasteiger partial charge in [-0.15, -0.1) is 0 Å². The molecule has 2 heterocycles. The first-order valence-electron chi connectivity index (χ1n) is 5.43. The standard InChI is InChI=1S/C13H9N3O2/c17-16(18)12-6-3-8-14-13(12)15-9-7-10-4-1-2-5-11(10)15/h1-9H. The zero-order valence-electron chi connectivity index (χ0n) is 9.35. The maximum Gasteiger partial charge on any atom is 0.312 e. The number of rotatable bonds is 2. The number of para-hydroxylation sites is 1. The van der Waals surface area contributed by atoms with Crippen molar-refractivity contribution in [2.24, 2.45) is 0 Å². The smallest absolute Gasteiger partial charge is 0.295 e. The Morgan fingerprint density at radius 1 is 1.11 bits per heavy atom. The maximum absolute atomic E-state index is 11.0. The van der Waals surface area contributed by atoms with Crippen molar-refractivity contribution < 1.29 is 4.92 Å². The van der Waals surface area contributed by atoms with Crippen molar-refractivity contribution in [1.82, 2.24) is 9.55 Å². The van der Waals surface area contributed by atoms with Gasteiger partial charge in [0.05, 0.1) is 10.4 Å². The molecule has 18 heavy (non-hydrogen) atoms. The second-order valence-corrected chi connectivity index (χ2v) is 3.85. The number of benzene rings is 1. The Morgan fingerprint density at radius 3 is 2.78 bits per heavy atom. The normalized spacial score (nSPS) is 10.7. The van der Waals surface area contributed by atoms with Gasteiger partial charge in [0, 0.05) is 18.5 Å². The molecule has 0 bridgehead atoms. The van der Waals surface area contributed by atoms with Crippen LogP contribution in [0, 0.1) is 10.1 Å². The molecule has 0 aliphatic rings. The van der Waals surface area contributed by atoms with Crippen LogP contribution in [-0.2, 0) is 0 Å². The van der Waals surface area contributed by atoms with Gasteiger partial charge in [-0.1, -0.05) is 18.2 Å². The van der Waals surface area contributed by atoms with E-state index in [0.717, 1.165) is 10.9 Å². The first kappa shape index (κ1) is 10.5. The monoisotopic (exact) mass is 239 g/mol. The SMILES string of the molecule is O=[N+]([O-])c1cccnc1-n1ccc2ccccc21. The minimum Gasteiger partial charge on any atom is -0.295 e. The van der Waals surface area contributed by atoms with E-state index in [1.54, 1.807) is 23.0 Å². The zero-order chi connectivity index (χ0) is 12.5. The Morgan fingerprint density at radius 2 is 1.94 bits per heavy atom. The topological polar surface area (TPSA) is 61.0 Å². The van der Waals surface area contributed by atoms with Gasteiger partial charge in [-0.25, -0.2) is 4.98 Å². The highest BCUT2D eigenvalue weighted by atomic mass is 16.6. The number of pyridine rings is 1. The predicted octanol–water partition coefficient (Wildman–Crippen LogP) is 2.93. The van der Waals surface area contributed by atoms with E-state index in [1.807, 2.05) is 30.3 Å². The van der Waals surface area contributed by atoms with Gasteiger partial charge < -0.3 is 0 Å². The summed E-state index contributed by atoms with van der Waals surface area (Å²) in [5.41, 5.74) is 0.901. The third-order valence-corrected chi connectivity index (χ3v) is 2.79. The van der Waals surface area contributed by atoms with E-state index in [-0.39, 0.29) is 5.69 Å². The lowest BCUT2D eigenvalue weighted by Crippen LogP contribution is -2.01. The molecule has 3 aromatic rings. The van der Waals surface area contributed by atoms with E-state index in [0.29, 0.717) is 5.82 Å². The van der Waals surface area contributed by atoms with Gasteiger partial charge in [0.2, 0.25) is 5.82 Å². The van der Waals surface area contributed by atoms with E-state index in [9.17, 15) is 10.1 Å². The number of aromatic nitrogens is 2. The second kappa shape index (κ2) is 3.96. The van der Waals surface area contributed by atoms with E-state index in [1.165, 1.54) is 6.07 Å². The van der Waals surface area contributed by atoms with Crippen molar-refractivity contribution in [2.45, 2.75) is 0 Å². The fraction of sp³-hybridized carbons (Fsp3) is 0. The van der Waals surface area contributed by atoms with Gasteiger partial charge in [-0.05, 0) is 23.6 Å². The molecule has 0 saturated heterocycles. The number of nitro groups is 1. The molecule has 5 nitrogen and oxygen atoms in total. The van der Waals surface area contributed by atoms with Crippen LogP contribution in [0.2, 0.25) is 0 Å². The van der Waals surface area contributed by atoms with Crippen LogP contribution in [-0.4, -0.2) is 14.5 Å². The molecule has 88 valence electrons. The van der Waals surface area contributed by atoms with Crippen molar-refractivity contribution in [2.75, 3.05) is 0 Å². The second-order valence-electron chi connectivity index (χ2n) is 3.85. The molecule has 0 N–H and O–H groups in total. The molecule has 0 aliphatic carbocycles. The van der Waals surface area contributed by atoms with E-state index in [4.69, 9.17) is 0 Å². The predicted molar refractivity (Wildman–Crippen MR) is 67.7 cm³/mol. The minimum absolute atomic E-state index is 0.00106. The van der Waals surface area contributed by atoms with Crippen molar-refractivity contribution in [3.63, 3.8) is 0 Å². The molecule has 0 saturated carbocycles. The summed E-state index contributed by atoms with van der Waals surface area (Å²) in [5, 5.41) is 12.0. The van der Waals surface area contributed by atoms with Crippen LogP contribution in [0.3, 0.4) is 0 Å². The van der Waals surface area contributed by atoms with Crippen molar-refractivity contribution >= 4 is 16.6 Å². The fourth-order valence-corrected chi connectivity index (χ4v) is 1.98. The zero-order valence-corrected chi connectivity index (χ0v) is 9.35. The average molecular weight is 239 g/mol. The largest absolute Gasteiger partial charge is 0.312 e. The van der Waals surface area contributed by atoms with Gasteiger partial charge in [0.25, 0.3) is 0 Å². The molecular weight excluding hydrogens is 230 g/mol. The summed E-state index contributed by atoms with van der Waals surface area (Å²) in [6, 6.07) is 12.6. The molecule has 0 unspecified atom stereocenters. The first-order chi connectivity index (χ1) is 8.77. The number of nitrogens with zero attached hydrogens (tertiary/aromatic N) is 3. The third kappa shape index (κ3) is 1.53. The van der Waals surface area contributed by atoms with Crippen LogP contribution in [0.5, 0.6) is 0 Å². The quantitative estimate of drug-likeness (QED) is 0.510. The lowest BCUT2D eigenvalue weighted by Gasteiger charge is -2.04. The minimum atomic E-state index is -0.420. The van der Waals surface area contributed by atoms with Crippen molar-refractivity contribution in [3.05, 3.63) is 65.0 Å². The lowest BCUT2D eigenvalue weighted by molar-refractivity contribution is -0.384. The average Bonchev–Trinajstić information content (AvgIpc) is 2.82. The molecule has 0 amide bonds. The van der Waals surface area contributed by atoms with E-state index in [2.05, 4.69) is 4.98 Å². The van der Waals surface area contributed by atoms with Crippen LogP contribution < -0.4 is 0 Å². The van der Waals surface area contributed by atoms with Crippen LogP contribution >= 0.6 is 0 Å². The summed E-state index contributed by atoms with van der Waals surface area (Å²) >= 11 is 0. The molecule has 3 rings (SSSR count). The Kier molecular flexibility index (Phi) is 2.30. The molecule has 0 atom stereocenters. The molecule has 5 heteroatoms. The number of hydrogen-bond donors (Lipinski definition) is 0. The molecule has 0 fully saturated rings. The molecule has 0 radical (unpaired) electrons. The van der Waals surface area contributed by atoms with E-state index >= 15 is 0 Å². The Hall–Kier alpha value is -2.69. The molecule has 1 aromatic carbocycles. The lowest BCUT2D eigenvalue weighted by atomic mass is 10.2. The summed E-state index contributed by atoms with van der Waals surface area (Å²) in [4.78, 5) is 14.7. The summed E-state index contributed by atoms with van der Waals surface area (Å²) in [7, 11) is 0.